The van der Waals surface area contributed by atoms with Crippen LogP contribution in [0.5, 0.6) is 17.2 Å². The number of hydrogen-bond donors (Lipinski definition) is 1. The number of halogens is 2. The Hall–Kier alpha value is -3.86. The highest BCUT2D eigenvalue weighted by molar-refractivity contribution is 7.92. The largest absolute Gasteiger partial charge is 0.497 e. The molecular formula is C23H22F2N2O6S. The molecule has 3 rings (SSSR count). The quantitative estimate of drug-likeness (QED) is 0.488. The van der Waals surface area contributed by atoms with Gasteiger partial charge in [0.15, 0.2) is 11.5 Å². The number of carbonyl (C=O) groups is 1. The zero-order valence-electron chi connectivity index (χ0n) is 18.5. The Balaban J connectivity index is 2.02. The number of sulfonamides is 1. The standard InChI is InChI=1S/C23H22F2N2O6S/c1-31-16-9-7-15(8-10-16)27(14-22(28)26-23-18(24)5-4-6-19(23)25)34(29,30)17-11-12-20(32-2)21(13-17)33-3/h4-13H,14H2,1-3H3,(H,26,28). The summed E-state index contributed by atoms with van der Waals surface area (Å²) in [7, 11) is -0.125. The summed E-state index contributed by atoms with van der Waals surface area (Å²) >= 11 is 0. The molecule has 0 saturated carbocycles. The smallest absolute Gasteiger partial charge is 0.264 e. The van der Waals surface area contributed by atoms with Crippen LogP contribution in [0, 0.1) is 11.6 Å². The highest BCUT2D eigenvalue weighted by Gasteiger charge is 2.29. The second-order valence-corrected chi connectivity index (χ2v) is 8.73. The Morgan fingerprint density at radius 1 is 0.882 bits per heavy atom. The number of nitrogens with zero attached hydrogens (tertiary/aromatic N) is 1. The number of para-hydroxylation sites is 1. The molecule has 0 aromatic heterocycles. The van der Waals surface area contributed by atoms with Crippen LogP contribution < -0.4 is 23.8 Å². The number of amides is 1. The fraction of sp³-hybridized carbons (Fsp3) is 0.174. The van der Waals surface area contributed by atoms with Crippen LogP contribution in [0.4, 0.5) is 20.2 Å². The molecule has 1 amide bonds. The van der Waals surface area contributed by atoms with Gasteiger partial charge in [0, 0.05) is 6.07 Å². The molecule has 0 saturated heterocycles. The lowest BCUT2D eigenvalue weighted by Crippen LogP contribution is -2.38. The average molecular weight is 493 g/mol. The van der Waals surface area contributed by atoms with Gasteiger partial charge in [-0.1, -0.05) is 6.07 Å². The molecule has 0 aliphatic rings. The number of benzene rings is 3. The van der Waals surface area contributed by atoms with Crippen LogP contribution in [0.15, 0.2) is 65.6 Å². The van der Waals surface area contributed by atoms with Gasteiger partial charge in [0.25, 0.3) is 10.0 Å². The minimum absolute atomic E-state index is 0.125. The van der Waals surface area contributed by atoms with Crippen molar-refractivity contribution in [1.82, 2.24) is 0 Å². The molecule has 34 heavy (non-hydrogen) atoms. The highest BCUT2D eigenvalue weighted by atomic mass is 32.2. The van der Waals surface area contributed by atoms with Crippen LogP contribution in [-0.4, -0.2) is 42.2 Å². The minimum Gasteiger partial charge on any atom is -0.497 e. The summed E-state index contributed by atoms with van der Waals surface area (Å²) in [6.07, 6.45) is 0. The molecule has 0 spiro atoms. The van der Waals surface area contributed by atoms with E-state index in [2.05, 4.69) is 5.32 Å². The predicted molar refractivity (Wildman–Crippen MR) is 122 cm³/mol. The van der Waals surface area contributed by atoms with Gasteiger partial charge in [-0.2, -0.15) is 0 Å². The van der Waals surface area contributed by atoms with Crippen LogP contribution in [0.1, 0.15) is 0 Å². The van der Waals surface area contributed by atoms with Crippen molar-refractivity contribution in [3.05, 3.63) is 72.3 Å². The lowest BCUT2D eigenvalue weighted by Gasteiger charge is -2.24. The van der Waals surface area contributed by atoms with E-state index in [0.717, 1.165) is 22.5 Å². The summed E-state index contributed by atoms with van der Waals surface area (Å²) in [6, 6.07) is 12.9. The molecule has 0 atom stereocenters. The molecule has 0 heterocycles. The van der Waals surface area contributed by atoms with E-state index in [9.17, 15) is 22.0 Å². The zero-order valence-corrected chi connectivity index (χ0v) is 19.4. The van der Waals surface area contributed by atoms with Crippen molar-refractivity contribution in [3.63, 3.8) is 0 Å². The van der Waals surface area contributed by atoms with E-state index in [0.29, 0.717) is 11.5 Å². The first-order chi connectivity index (χ1) is 16.2. The van der Waals surface area contributed by atoms with Gasteiger partial charge in [0.05, 0.1) is 31.9 Å². The molecule has 3 aromatic rings. The van der Waals surface area contributed by atoms with E-state index in [1.165, 1.54) is 63.8 Å². The summed E-state index contributed by atoms with van der Waals surface area (Å²) in [5.41, 5.74) is -0.551. The Labute approximate surface area is 195 Å². The van der Waals surface area contributed by atoms with Crippen molar-refractivity contribution in [3.8, 4) is 17.2 Å². The predicted octanol–water partition coefficient (Wildman–Crippen LogP) is 3.82. The first-order valence-electron chi connectivity index (χ1n) is 9.84. The maximum Gasteiger partial charge on any atom is 0.264 e. The molecular weight excluding hydrogens is 470 g/mol. The number of nitrogens with one attached hydrogen (secondary N) is 1. The SMILES string of the molecule is COc1ccc(N(CC(=O)Nc2c(F)cccc2F)S(=O)(=O)c2ccc(OC)c(OC)c2)cc1. The molecule has 180 valence electrons. The van der Waals surface area contributed by atoms with Crippen molar-refractivity contribution >= 4 is 27.3 Å². The van der Waals surface area contributed by atoms with E-state index >= 15 is 0 Å². The number of anilines is 2. The second kappa shape index (κ2) is 10.4. The molecule has 3 aromatic carbocycles. The van der Waals surface area contributed by atoms with E-state index < -0.39 is 39.8 Å². The second-order valence-electron chi connectivity index (χ2n) is 6.87. The maximum atomic E-state index is 14.0. The number of ether oxygens (including phenoxy) is 3. The Bertz CT molecular complexity index is 1260. The molecule has 0 aliphatic carbocycles. The third-order valence-corrected chi connectivity index (χ3v) is 6.59. The van der Waals surface area contributed by atoms with E-state index in [1.807, 2.05) is 0 Å². The van der Waals surface area contributed by atoms with Crippen LogP contribution in [0.2, 0.25) is 0 Å². The molecule has 8 nitrogen and oxygen atoms in total. The third-order valence-electron chi connectivity index (χ3n) is 4.82. The summed E-state index contributed by atoms with van der Waals surface area (Å²) in [5.74, 6) is -2.01. The highest BCUT2D eigenvalue weighted by Crippen LogP contribution is 2.32. The monoisotopic (exact) mass is 492 g/mol. The van der Waals surface area contributed by atoms with Gasteiger partial charge in [0.1, 0.15) is 29.6 Å². The van der Waals surface area contributed by atoms with Crippen molar-refractivity contribution in [2.45, 2.75) is 4.90 Å². The fourth-order valence-corrected chi connectivity index (χ4v) is 4.53. The number of carbonyl (C=O) groups excluding carboxylic acids is 1. The molecule has 0 bridgehead atoms. The summed E-state index contributed by atoms with van der Waals surface area (Å²) in [5, 5.41) is 2.10. The Morgan fingerprint density at radius 2 is 1.50 bits per heavy atom. The van der Waals surface area contributed by atoms with Crippen molar-refractivity contribution < 1.29 is 36.2 Å². The molecule has 0 aliphatic heterocycles. The van der Waals surface area contributed by atoms with Gasteiger partial charge >= 0.3 is 0 Å². The van der Waals surface area contributed by atoms with E-state index in [-0.39, 0.29) is 16.3 Å². The van der Waals surface area contributed by atoms with Crippen molar-refractivity contribution in [2.24, 2.45) is 0 Å². The summed E-state index contributed by atoms with van der Waals surface area (Å²) in [6.45, 7) is -0.767. The van der Waals surface area contributed by atoms with E-state index in [4.69, 9.17) is 14.2 Å². The lowest BCUT2D eigenvalue weighted by atomic mass is 10.3. The normalized spacial score (nSPS) is 11.0. The number of methoxy groups -OCH3 is 3. The first kappa shape index (κ1) is 24.8. The molecule has 1 N–H and O–H groups in total. The average Bonchev–Trinajstić information content (AvgIpc) is 2.84. The van der Waals surface area contributed by atoms with Gasteiger partial charge in [-0.05, 0) is 48.5 Å². The molecule has 0 fully saturated rings. The lowest BCUT2D eigenvalue weighted by molar-refractivity contribution is -0.114. The molecule has 0 radical (unpaired) electrons. The van der Waals surface area contributed by atoms with Crippen LogP contribution >= 0.6 is 0 Å². The van der Waals surface area contributed by atoms with Crippen LogP contribution in [0.25, 0.3) is 0 Å². The zero-order chi connectivity index (χ0) is 24.9. The molecule has 11 heteroatoms. The van der Waals surface area contributed by atoms with Crippen LogP contribution in [0.3, 0.4) is 0 Å². The third kappa shape index (κ3) is 5.20. The summed E-state index contributed by atoms with van der Waals surface area (Å²) < 4.78 is 71.3. The van der Waals surface area contributed by atoms with Crippen molar-refractivity contribution in [2.75, 3.05) is 37.5 Å². The first-order valence-corrected chi connectivity index (χ1v) is 11.3. The van der Waals surface area contributed by atoms with Gasteiger partial charge in [0.2, 0.25) is 5.91 Å². The Kier molecular flexibility index (Phi) is 7.57. The van der Waals surface area contributed by atoms with Gasteiger partial charge < -0.3 is 19.5 Å². The Morgan fingerprint density at radius 3 is 2.06 bits per heavy atom. The summed E-state index contributed by atoms with van der Waals surface area (Å²) in [4.78, 5) is 12.5. The maximum absolute atomic E-state index is 14.0. The van der Waals surface area contributed by atoms with Crippen molar-refractivity contribution in [1.29, 1.82) is 0 Å². The van der Waals surface area contributed by atoms with Gasteiger partial charge in [-0.25, -0.2) is 17.2 Å². The minimum atomic E-state index is -4.33. The topological polar surface area (TPSA) is 94.2 Å². The van der Waals surface area contributed by atoms with Crippen LogP contribution in [-0.2, 0) is 14.8 Å². The fourth-order valence-electron chi connectivity index (χ4n) is 3.09. The van der Waals surface area contributed by atoms with Gasteiger partial charge in [-0.3, -0.25) is 9.10 Å². The molecule has 0 unspecified atom stereocenters. The number of hydrogen-bond acceptors (Lipinski definition) is 6. The number of rotatable bonds is 9. The van der Waals surface area contributed by atoms with E-state index in [1.54, 1.807) is 0 Å². The van der Waals surface area contributed by atoms with Gasteiger partial charge in [-0.15, -0.1) is 0 Å².